The van der Waals surface area contributed by atoms with Gasteiger partial charge in [-0.1, -0.05) is 12.1 Å². The van der Waals surface area contributed by atoms with Gasteiger partial charge in [0.15, 0.2) is 17.3 Å². The second-order valence-corrected chi connectivity index (χ2v) is 7.14. The number of hydrogen-bond acceptors (Lipinski definition) is 6. The van der Waals surface area contributed by atoms with Gasteiger partial charge < -0.3 is 24.5 Å². The molecular formula is C24H22N2O6. The van der Waals surface area contributed by atoms with Gasteiger partial charge in [0.2, 0.25) is 5.91 Å². The second-order valence-electron chi connectivity index (χ2n) is 7.14. The molecule has 8 nitrogen and oxygen atoms in total. The summed E-state index contributed by atoms with van der Waals surface area (Å²) >= 11 is 0. The molecule has 164 valence electrons. The molecule has 0 fully saturated rings. The molecule has 0 spiro atoms. The van der Waals surface area contributed by atoms with E-state index >= 15 is 0 Å². The minimum absolute atomic E-state index is 0.0182. The Balaban J connectivity index is 1.33. The number of ether oxygens (including phenoxy) is 2. The molecule has 0 aliphatic carbocycles. The average Bonchev–Trinajstić information content (AvgIpc) is 3.35. The van der Waals surface area contributed by atoms with Crippen LogP contribution >= 0.6 is 0 Å². The Morgan fingerprint density at radius 1 is 0.875 bits per heavy atom. The highest BCUT2D eigenvalue weighted by Crippen LogP contribution is 2.31. The van der Waals surface area contributed by atoms with E-state index in [9.17, 15) is 14.4 Å². The van der Waals surface area contributed by atoms with Crippen LogP contribution in [0.15, 0.2) is 65.3 Å². The number of hydrogen-bond donors (Lipinski definition) is 2. The Morgan fingerprint density at radius 2 is 1.69 bits per heavy atom. The highest BCUT2D eigenvalue weighted by Gasteiger charge is 2.17. The van der Waals surface area contributed by atoms with E-state index in [-0.39, 0.29) is 37.0 Å². The van der Waals surface area contributed by atoms with Crippen molar-refractivity contribution in [2.75, 3.05) is 18.5 Å². The van der Waals surface area contributed by atoms with E-state index in [0.29, 0.717) is 47.3 Å². The Kier molecular flexibility index (Phi) is 6.50. The number of carbonyl (C=O) groups is 3. The number of rotatable bonds is 8. The lowest BCUT2D eigenvalue weighted by atomic mass is 10.1. The van der Waals surface area contributed by atoms with Gasteiger partial charge in [-0.2, -0.15) is 0 Å². The molecule has 0 unspecified atom stereocenters. The van der Waals surface area contributed by atoms with Crippen LogP contribution in [-0.2, 0) is 11.3 Å². The molecule has 0 atom stereocenters. The zero-order valence-corrected chi connectivity index (χ0v) is 17.3. The Morgan fingerprint density at radius 3 is 2.50 bits per heavy atom. The summed E-state index contributed by atoms with van der Waals surface area (Å²) in [5.74, 6) is 0.875. The first-order valence-electron chi connectivity index (χ1n) is 10.2. The van der Waals surface area contributed by atoms with Gasteiger partial charge in [0, 0.05) is 18.4 Å². The summed E-state index contributed by atoms with van der Waals surface area (Å²) in [6, 6.07) is 15.2. The lowest BCUT2D eigenvalue weighted by Crippen LogP contribution is -2.24. The van der Waals surface area contributed by atoms with Crippen LogP contribution < -0.4 is 20.1 Å². The summed E-state index contributed by atoms with van der Waals surface area (Å²) < 4.78 is 16.2. The maximum Gasteiger partial charge on any atom is 0.253 e. The van der Waals surface area contributed by atoms with Gasteiger partial charge >= 0.3 is 0 Å². The summed E-state index contributed by atoms with van der Waals surface area (Å²) in [5.41, 5.74) is 1.16. The minimum Gasteiger partial charge on any atom is -0.486 e. The number of fused-ring (bicyclic) bond motifs is 1. The number of benzene rings is 2. The zero-order chi connectivity index (χ0) is 22.3. The first kappa shape index (κ1) is 21.2. The third-order valence-electron chi connectivity index (χ3n) is 4.89. The average molecular weight is 434 g/mol. The van der Waals surface area contributed by atoms with Gasteiger partial charge in [0.05, 0.1) is 24.1 Å². The molecule has 2 N–H and O–H groups in total. The number of ketones is 1. The van der Waals surface area contributed by atoms with E-state index < -0.39 is 0 Å². The molecule has 3 aromatic rings. The van der Waals surface area contributed by atoms with Gasteiger partial charge in [0.1, 0.15) is 19.0 Å². The van der Waals surface area contributed by atoms with Crippen LogP contribution in [0.5, 0.6) is 11.5 Å². The molecule has 0 radical (unpaired) electrons. The standard InChI is InChI=1S/C24H22N2O6/c27-20(16-7-9-21-22(14-16)32-13-12-31-21)8-10-23(28)26-19-6-2-1-5-18(19)24(29)25-15-17-4-3-11-30-17/h1-7,9,11,14H,8,10,12-13,15H2,(H,25,29)(H,26,28). The largest absolute Gasteiger partial charge is 0.486 e. The van der Waals surface area contributed by atoms with Crippen LogP contribution in [0.25, 0.3) is 0 Å². The van der Waals surface area contributed by atoms with Crippen LogP contribution in [0.3, 0.4) is 0 Å². The molecule has 0 saturated carbocycles. The van der Waals surface area contributed by atoms with Crippen LogP contribution in [-0.4, -0.2) is 30.8 Å². The van der Waals surface area contributed by atoms with Gasteiger partial charge in [0.25, 0.3) is 5.91 Å². The lowest BCUT2D eigenvalue weighted by molar-refractivity contribution is -0.116. The predicted molar refractivity (Wildman–Crippen MR) is 116 cm³/mol. The van der Waals surface area contributed by atoms with Crippen molar-refractivity contribution in [1.29, 1.82) is 0 Å². The highest BCUT2D eigenvalue weighted by molar-refractivity contribution is 6.05. The lowest BCUT2D eigenvalue weighted by Gasteiger charge is -2.18. The summed E-state index contributed by atoms with van der Waals surface area (Å²) in [7, 11) is 0. The van der Waals surface area contributed by atoms with Crippen LogP contribution in [0, 0.1) is 0 Å². The van der Waals surface area contributed by atoms with E-state index in [1.165, 1.54) is 6.26 Å². The molecule has 4 rings (SSSR count). The van der Waals surface area contributed by atoms with Crippen LogP contribution in [0.2, 0.25) is 0 Å². The summed E-state index contributed by atoms with van der Waals surface area (Å²) in [4.78, 5) is 37.5. The monoisotopic (exact) mass is 434 g/mol. The summed E-state index contributed by atoms with van der Waals surface area (Å²) in [5, 5.41) is 5.47. The molecular weight excluding hydrogens is 412 g/mol. The van der Waals surface area contributed by atoms with Gasteiger partial charge in [-0.15, -0.1) is 0 Å². The van der Waals surface area contributed by atoms with Crippen molar-refractivity contribution in [3.05, 3.63) is 77.7 Å². The predicted octanol–water partition coefficient (Wildman–Crippen LogP) is 3.58. The van der Waals surface area contributed by atoms with Crippen molar-refractivity contribution in [1.82, 2.24) is 5.32 Å². The zero-order valence-electron chi connectivity index (χ0n) is 17.3. The maximum absolute atomic E-state index is 12.5. The van der Waals surface area contributed by atoms with E-state index in [4.69, 9.17) is 13.9 Å². The molecule has 2 amide bonds. The van der Waals surface area contributed by atoms with Crippen molar-refractivity contribution >= 4 is 23.3 Å². The first-order valence-corrected chi connectivity index (χ1v) is 10.2. The van der Waals surface area contributed by atoms with Gasteiger partial charge in [-0.05, 0) is 42.5 Å². The third-order valence-corrected chi connectivity index (χ3v) is 4.89. The Labute approximate surface area is 184 Å². The van der Waals surface area contributed by atoms with Crippen molar-refractivity contribution in [2.24, 2.45) is 0 Å². The number of furan rings is 1. The van der Waals surface area contributed by atoms with Crippen molar-refractivity contribution < 1.29 is 28.3 Å². The van der Waals surface area contributed by atoms with Crippen molar-refractivity contribution in [2.45, 2.75) is 19.4 Å². The highest BCUT2D eigenvalue weighted by atomic mass is 16.6. The van der Waals surface area contributed by atoms with E-state index in [0.717, 1.165) is 0 Å². The van der Waals surface area contributed by atoms with Crippen LogP contribution in [0.4, 0.5) is 5.69 Å². The van der Waals surface area contributed by atoms with Gasteiger partial charge in [-0.25, -0.2) is 0 Å². The quantitative estimate of drug-likeness (QED) is 0.525. The van der Waals surface area contributed by atoms with E-state index in [2.05, 4.69) is 10.6 Å². The molecule has 1 aromatic heterocycles. The normalized spacial score (nSPS) is 12.1. The van der Waals surface area contributed by atoms with E-state index in [1.807, 2.05) is 0 Å². The molecule has 1 aliphatic heterocycles. The number of amides is 2. The molecule has 32 heavy (non-hydrogen) atoms. The summed E-state index contributed by atoms with van der Waals surface area (Å²) in [6.45, 7) is 1.14. The fourth-order valence-electron chi connectivity index (χ4n) is 3.27. The van der Waals surface area contributed by atoms with Crippen molar-refractivity contribution in [3.8, 4) is 11.5 Å². The molecule has 2 aromatic carbocycles. The minimum atomic E-state index is -0.359. The van der Waals surface area contributed by atoms with Crippen LogP contribution in [0.1, 0.15) is 39.3 Å². The van der Waals surface area contributed by atoms with Crippen molar-refractivity contribution in [3.63, 3.8) is 0 Å². The topological polar surface area (TPSA) is 107 Å². The molecule has 8 heteroatoms. The second kappa shape index (κ2) is 9.82. The smallest absolute Gasteiger partial charge is 0.253 e. The fourth-order valence-corrected chi connectivity index (χ4v) is 3.27. The molecule has 0 bridgehead atoms. The first-order chi connectivity index (χ1) is 15.6. The molecule has 2 heterocycles. The molecule has 0 saturated heterocycles. The van der Waals surface area contributed by atoms with E-state index in [1.54, 1.807) is 54.6 Å². The number of carbonyl (C=O) groups excluding carboxylic acids is 3. The summed E-state index contributed by atoms with van der Waals surface area (Å²) in [6.07, 6.45) is 1.54. The number of Topliss-reactive ketones (excluding diaryl/α,β-unsaturated/α-hetero) is 1. The number of nitrogens with one attached hydrogen (secondary N) is 2. The molecule has 1 aliphatic rings. The maximum atomic E-state index is 12.5. The Hall–Kier alpha value is -4.07. The number of para-hydroxylation sites is 1. The van der Waals surface area contributed by atoms with Gasteiger partial charge in [-0.3, -0.25) is 14.4 Å². The number of anilines is 1. The third kappa shape index (κ3) is 5.15. The SMILES string of the molecule is O=C(CCC(=O)c1ccc2c(c1)OCCO2)Nc1ccccc1C(=O)NCc1ccco1. The fraction of sp³-hybridized carbons (Fsp3) is 0.208. The Bertz CT molecular complexity index is 1120.